The molecule has 7 nitrogen and oxygen atoms in total. The van der Waals surface area contributed by atoms with E-state index in [9.17, 15) is 13.2 Å². The molecule has 2 aromatic carbocycles. The van der Waals surface area contributed by atoms with Crippen LogP contribution >= 0.6 is 0 Å². The third-order valence-corrected chi connectivity index (χ3v) is 7.61. The fraction of sp³-hybridized carbons (Fsp3) is 0.435. The molecule has 0 amide bonds. The Morgan fingerprint density at radius 3 is 2.23 bits per heavy atom. The number of esters is 1. The summed E-state index contributed by atoms with van der Waals surface area (Å²) in [5.74, 6) is 1.43. The van der Waals surface area contributed by atoms with Crippen LogP contribution < -0.4 is 9.47 Å². The van der Waals surface area contributed by atoms with E-state index in [4.69, 9.17) is 14.2 Å². The monoisotopic (exact) mass is 447 g/mol. The molecule has 1 heterocycles. The van der Waals surface area contributed by atoms with Gasteiger partial charge in [-0.25, -0.2) is 13.2 Å². The predicted molar refractivity (Wildman–Crippen MR) is 117 cm³/mol. The minimum atomic E-state index is -3.64. The lowest BCUT2D eigenvalue weighted by atomic mass is 9.91. The van der Waals surface area contributed by atoms with Crippen LogP contribution in [0.1, 0.15) is 35.2 Å². The number of hydrogen-bond donors (Lipinski definition) is 0. The molecule has 0 aliphatic carbocycles. The number of piperidine rings is 1. The first kappa shape index (κ1) is 23.1. The lowest BCUT2D eigenvalue weighted by molar-refractivity contribution is 0.0600. The van der Waals surface area contributed by atoms with Crippen molar-refractivity contribution in [3.63, 3.8) is 0 Å². The number of hydrogen-bond acceptors (Lipinski definition) is 6. The topological polar surface area (TPSA) is 82.1 Å². The van der Waals surface area contributed by atoms with E-state index in [2.05, 4.69) is 0 Å². The van der Waals surface area contributed by atoms with E-state index in [1.165, 1.54) is 23.5 Å². The van der Waals surface area contributed by atoms with Crippen LogP contribution in [0.2, 0.25) is 0 Å². The second-order valence-electron chi connectivity index (χ2n) is 7.63. The van der Waals surface area contributed by atoms with E-state index in [-0.39, 0.29) is 10.5 Å². The van der Waals surface area contributed by atoms with E-state index in [0.29, 0.717) is 19.0 Å². The average Bonchev–Trinajstić information content (AvgIpc) is 2.82. The smallest absolute Gasteiger partial charge is 0.337 e. The van der Waals surface area contributed by atoms with Crippen molar-refractivity contribution < 1.29 is 27.4 Å². The second-order valence-corrected chi connectivity index (χ2v) is 9.56. The van der Waals surface area contributed by atoms with Crippen LogP contribution in [0.3, 0.4) is 0 Å². The van der Waals surface area contributed by atoms with Gasteiger partial charge < -0.3 is 14.2 Å². The molecule has 0 bridgehead atoms. The number of benzene rings is 2. The maximum Gasteiger partial charge on any atom is 0.337 e. The highest BCUT2D eigenvalue weighted by Crippen LogP contribution is 2.29. The second kappa shape index (κ2) is 10.2. The molecule has 1 aliphatic rings. The van der Waals surface area contributed by atoms with Crippen molar-refractivity contribution in [2.75, 3.05) is 34.4 Å². The molecule has 1 fully saturated rings. The maximum absolute atomic E-state index is 13.0. The quantitative estimate of drug-likeness (QED) is 0.576. The number of nitrogens with zero attached hydrogens (tertiary/aromatic N) is 1. The molecule has 1 saturated heterocycles. The Morgan fingerprint density at radius 2 is 1.65 bits per heavy atom. The summed E-state index contributed by atoms with van der Waals surface area (Å²) in [4.78, 5) is 11.9. The van der Waals surface area contributed by atoms with Gasteiger partial charge in [-0.05, 0) is 67.5 Å². The Balaban J connectivity index is 1.60. The third kappa shape index (κ3) is 5.57. The van der Waals surface area contributed by atoms with Gasteiger partial charge in [0.25, 0.3) is 0 Å². The minimum absolute atomic E-state index is 0.123. The third-order valence-electron chi connectivity index (χ3n) is 5.72. The molecule has 0 radical (unpaired) electrons. The van der Waals surface area contributed by atoms with Crippen LogP contribution in [0.15, 0.2) is 47.4 Å². The van der Waals surface area contributed by atoms with Crippen molar-refractivity contribution in [3.8, 4) is 11.5 Å². The van der Waals surface area contributed by atoms with Gasteiger partial charge in [-0.2, -0.15) is 4.31 Å². The Labute approximate surface area is 184 Å². The summed E-state index contributed by atoms with van der Waals surface area (Å²) in [5.41, 5.74) is 1.37. The van der Waals surface area contributed by atoms with E-state index in [0.717, 1.165) is 42.7 Å². The van der Waals surface area contributed by atoms with Crippen LogP contribution in [-0.4, -0.2) is 53.1 Å². The lowest BCUT2D eigenvalue weighted by Crippen LogP contribution is -2.38. The van der Waals surface area contributed by atoms with Gasteiger partial charge in [0.1, 0.15) is 11.5 Å². The molecule has 1 aliphatic heterocycles. The summed E-state index contributed by atoms with van der Waals surface area (Å²) in [6.07, 6.45) is 3.46. The van der Waals surface area contributed by atoms with Crippen molar-refractivity contribution in [1.29, 1.82) is 0 Å². The fourth-order valence-corrected chi connectivity index (χ4v) is 5.39. The Hall–Kier alpha value is -2.58. The van der Waals surface area contributed by atoms with Gasteiger partial charge >= 0.3 is 5.97 Å². The van der Waals surface area contributed by atoms with Crippen LogP contribution in [0.5, 0.6) is 11.5 Å². The first-order chi connectivity index (χ1) is 14.9. The maximum atomic E-state index is 13.0. The van der Waals surface area contributed by atoms with Gasteiger partial charge in [-0.3, -0.25) is 0 Å². The summed E-state index contributed by atoms with van der Waals surface area (Å²) >= 11 is 0. The molecule has 0 atom stereocenters. The van der Waals surface area contributed by atoms with E-state index >= 15 is 0 Å². The van der Waals surface area contributed by atoms with Crippen LogP contribution in [0.4, 0.5) is 0 Å². The molecule has 168 valence electrons. The zero-order valence-electron chi connectivity index (χ0n) is 18.2. The molecule has 8 heteroatoms. The van der Waals surface area contributed by atoms with Gasteiger partial charge in [0, 0.05) is 19.2 Å². The number of aryl methyl sites for hydroxylation is 1. The largest absolute Gasteiger partial charge is 0.497 e. The van der Waals surface area contributed by atoms with E-state index < -0.39 is 16.0 Å². The van der Waals surface area contributed by atoms with Crippen molar-refractivity contribution in [2.24, 2.45) is 5.92 Å². The molecule has 0 unspecified atom stereocenters. The van der Waals surface area contributed by atoms with E-state index in [1.807, 2.05) is 18.2 Å². The highest BCUT2D eigenvalue weighted by molar-refractivity contribution is 7.89. The minimum Gasteiger partial charge on any atom is -0.497 e. The number of sulfonamides is 1. The summed E-state index contributed by atoms with van der Waals surface area (Å²) < 4.78 is 42.9. The SMILES string of the molecule is COC(=O)c1cccc(S(=O)(=O)N2CCC(CCc3cc(OC)cc(OC)c3)CC2)c1. The van der Waals surface area contributed by atoms with Crippen molar-refractivity contribution in [3.05, 3.63) is 53.6 Å². The highest BCUT2D eigenvalue weighted by atomic mass is 32.2. The molecule has 31 heavy (non-hydrogen) atoms. The first-order valence-electron chi connectivity index (χ1n) is 10.3. The number of rotatable bonds is 8. The van der Waals surface area contributed by atoms with Crippen LogP contribution in [-0.2, 0) is 21.2 Å². The summed E-state index contributed by atoms with van der Waals surface area (Å²) in [5, 5.41) is 0. The van der Waals surface area contributed by atoms with Crippen molar-refractivity contribution in [1.82, 2.24) is 4.31 Å². The Morgan fingerprint density at radius 1 is 1.00 bits per heavy atom. The zero-order chi connectivity index (χ0) is 22.4. The standard InChI is InChI=1S/C23H29NO6S/c1-28-20-13-18(14-21(16-20)29-2)8-7-17-9-11-24(12-10-17)31(26,27)22-6-4-5-19(15-22)23(25)30-3/h4-6,13-17H,7-12H2,1-3H3. The first-order valence-corrected chi connectivity index (χ1v) is 11.7. The lowest BCUT2D eigenvalue weighted by Gasteiger charge is -2.31. The molecule has 2 aromatic rings. The fourth-order valence-electron chi connectivity index (χ4n) is 3.87. The summed E-state index contributed by atoms with van der Waals surface area (Å²) in [6, 6.07) is 11.9. The predicted octanol–water partition coefficient (Wildman–Crippen LogP) is 3.52. The Bertz CT molecular complexity index is 990. The average molecular weight is 448 g/mol. The normalized spacial score (nSPS) is 15.5. The number of carbonyl (C=O) groups is 1. The number of carbonyl (C=O) groups excluding carboxylic acids is 1. The molecule has 0 spiro atoms. The molecular formula is C23H29NO6S. The van der Waals surface area contributed by atoms with Crippen molar-refractivity contribution in [2.45, 2.75) is 30.6 Å². The number of ether oxygens (including phenoxy) is 3. The van der Waals surface area contributed by atoms with Gasteiger partial charge in [0.05, 0.1) is 31.8 Å². The van der Waals surface area contributed by atoms with E-state index in [1.54, 1.807) is 26.4 Å². The number of methoxy groups -OCH3 is 3. The van der Waals surface area contributed by atoms with Gasteiger partial charge in [0.2, 0.25) is 10.0 Å². The van der Waals surface area contributed by atoms with Gasteiger partial charge in [0.15, 0.2) is 0 Å². The Kier molecular flexibility index (Phi) is 7.56. The molecule has 0 N–H and O–H groups in total. The van der Waals surface area contributed by atoms with Gasteiger partial charge in [-0.15, -0.1) is 0 Å². The summed E-state index contributed by atoms with van der Waals surface area (Å²) in [6.45, 7) is 0.938. The molecular weight excluding hydrogens is 418 g/mol. The van der Waals surface area contributed by atoms with Crippen LogP contribution in [0, 0.1) is 5.92 Å². The molecule has 0 aromatic heterocycles. The highest BCUT2D eigenvalue weighted by Gasteiger charge is 2.29. The van der Waals surface area contributed by atoms with Crippen molar-refractivity contribution >= 4 is 16.0 Å². The van der Waals surface area contributed by atoms with Gasteiger partial charge in [-0.1, -0.05) is 6.07 Å². The molecule has 0 saturated carbocycles. The van der Waals surface area contributed by atoms with Crippen LogP contribution in [0.25, 0.3) is 0 Å². The zero-order valence-corrected chi connectivity index (χ0v) is 19.0. The molecule has 3 rings (SSSR count). The summed E-state index contributed by atoms with van der Waals surface area (Å²) in [7, 11) is 0.900.